The number of piperazine rings is 1. The molecule has 0 unspecified atom stereocenters. The van der Waals surface area contributed by atoms with Gasteiger partial charge in [-0.3, -0.25) is 9.69 Å². The molecule has 1 aromatic heterocycles. The largest absolute Gasteiger partial charge is 0.480 e. The molecule has 1 saturated heterocycles. The Kier molecular flexibility index (Phi) is 5.05. The minimum absolute atomic E-state index is 0.104. The van der Waals surface area contributed by atoms with Crippen LogP contribution < -0.4 is 4.90 Å². The maximum absolute atomic E-state index is 10.8. The number of carboxylic acids is 1. The van der Waals surface area contributed by atoms with E-state index in [9.17, 15) is 4.79 Å². The van der Waals surface area contributed by atoms with Gasteiger partial charge in [0.2, 0.25) is 0 Å². The molecule has 0 bridgehead atoms. The van der Waals surface area contributed by atoms with Gasteiger partial charge in [-0.15, -0.1) is 0 Å². The number of carbonyl (C=O) groups is 1. The Morgan fingerprint density at radius 3 is 2.46 bits per heavy atom. The lowest BCUT2D eigenvalue weighted by Gasteiger charge is -2.34. The minimum Gasteiger partial charge on any atom is -0.480 e. The summed E-state index contributed by atoms with van der Waals surface area (Å²) >= 11 is 0. The number of nitrogens with zero attached hydrogens (tertiary/aromatic N) is 4. The van der Waals surface area contributed by atoms with Crippen LogP contribution in [0, 0.1) is 0 Å². The number of anilines is 1. The van der Waals surface area contributed by atoms with Crippen LogP contribution in [0.1, 0.15) is 12.7 Å². The van der Waals surface area contributed by atoms with Gasteiger partial charge >= 0.3 is 5.97 Å². The second-order valence-corrected chi connectivity index (χ2v) is 5.90. The summed E-state index contributed by atoms with van der Waals surface area (Å²) < 4.78 is 0. The summed E-state index contributed by atoms with van der Waals surface area (Å²) in [5.74, 6) is 0.986. The average Bonchev–Trinajstić information content (AvgIpc) is 2.62. The highest BCUT2D eigenvalue weighted by Crippen LogP contribution is 2.23. The molecule has 0 atom stereocenters. The molecule has 3 rings (SSSR count). The van der Waals surface area contributed by atoms with Gasteiger partial charge in [-0.05, 0) is 0 Å². The molecule has 6 nitrogen and oxygen atoms in total. The number of benzene rings is 1. The van der Waals surface area contributed by atoms with E-state index in [1.165, 1.54) is 0 Å². The Bertz CT molecular complexity index is 697. The van der Waals surface area contributed by atoms with Gasteiger partial charge in [0.05, 0.1) is 12.2 Å². The molecule has 1 aliphatic rings. The fourth-order valence-corrected chi connectivity index (χ4v) is 2.89. The maximum Gasteiger partial charge on any atom is 0.317 e. The average molecular weight is 326 g/mol. The van der Waals surface area contributed by atoms with E-state index in [-0.39, 0.29) is 6.54 Å². The summed E-state index contributed by atoms with van der Waals surface area (Å²) in [6.45, 7) is 5.19. The van der Waals surface area contributed by atoms with Crippen molar-refractivity contribution >= 4 is 11.8 Å². The van der Waals surface area contributed by atoms with Crippen LogP contribution in [-0.4, -0.2) is 58.7 Å². The van der Waals surface area contributed by atoms with Crippen molar-refractivity contribution in [1.29, 1.82) is 0 Å². The number of carboxylic acid groups (broad SMARTS) is 1. The van der Waals surface area contributed by atoms with E-state index < -0.39 is 5.97 Å². The summed E-state index contributed by atoms with van der Waals surface area (Å²) in [6, 6.07) is 12.1. The monoisotopic (exact) mass is 326 g/mol. The summed E-state index contributed by atoms with van der Waals surface area (Å²) in [7, 11) is 0. The van der Waals surface area contributed by atoms with Gasteiger partial charge in [0.1, 0.15) is 11.6 Å². The third-order valence-electron chi connectivity index (χ3n) is 4.20. The van der Waals surface area contributed by atoms with Gasteiger partial charge < -0.3 is 10.0 Å². The van der Waals surface area contributed by atoms with Crippen molar-refractivity contribution in [3.63, 3.8) is 0 Å². The third kappa shape index (κ3) is 3.89. The molecule has 0 radical (unpaired) electrons. The van der Waals surface area contributed by atoms with Gasteiger partial charge in [-0.25, -0.2) is 9.97 Å². The normalized spacial score (nSPS) is 15.5. The predicted octanol–water partition coefficient (Wildman–Crippen LogP) is 1.91. The quantitative estimate of drug-likeness (QED) is 0.905. The molecule has 2 aromatic rings. The van der Waals surface area contributed by atoms with Crippen molar-refractivity contribution in [3.05, 3.63) is 42.2 Å². The minimum atomic E-state index is -0.773. The van der Waals surface area contributed by atoms with Crippen molar-refractivity contribution in [2.45, 2.75) is 13.3 Å². The van der Waals surface area contributed by atoms with Crippen LogP contribution in [0.4, 0.5) is 5.82 Å². The smallest absolute Gasteiger partial charge is 0.317 e. The van der Waals surface area contributed by atoms with Crippen LogP contribution in [0.15, 0.2) is 36.4 Å². The summed E-state index contributed by atoms with van der Waals surface area (Å²) in [5.41, 5.74) is 2.02. The van der Waals surface area contributed by atoms with Gasteiger partial charge in [-0.1, -0.05) is 37.3 Å². The molecule has 2 heterocycles. The summed E-state index contributed by atoms with van der Waals surface area (Å²) in [4.78, 5) is 24.3. The van der Waals surface area contributed by atoms with Crippen LogP contribution in [0.25, 0.3) is 11.3 Å². The number of hydrogen-bond donors (Lipinski definition) is 1. The van der Waals surface area contributed by atoms with E-state index in [1.807, 2.05) is 29.2 Å². The second kappa shape index (κ2) is 7.40. The lowest BCUT2D eigenvalue weighted by Crippen LogP contribution is -2.48. The first kappa shape index (κ1) is 16.4. The molecule has 24 heavy (non-hydrogen) atoms. The van der Waals surface area contributed by atoms with Crippen molar-refractivity contribution in [2.75, 3.05) is 37.6 Å². The highest BCUT2D eigenvalue weighted by molar-refractivity contribution is 5.69. The standard InChI is InChI=1S/C18H22N4O2/c1-2-16-19-15(14-6-4-3-5-7-14)12-17(20-16)22-10-8-21(9-11-22)13-18(23)24/h3-7,12H,2,8-11,13H2,1H3,(H,23,24). The van der Waals surface area contributed by atoms with E-state index in [4.69, 9.17) is 5.11 Å². The Morgan fingerprint density at radius 1 is 1.12 bits per heavy atom. The Balaban J connectivity index is 1.80. The van der Waals surface area contributed by atoms with E-state index in [2.05, 4.69) is 33.9 Å². The third-order valence-corrected chi connectivity index (χ3v) is 4.20. The fourth-order valence-electron chi connectivity index (χ4n) is 2.89. The lowest BCUT2D eigenvalue weighted by atomic mass is 10.1. The molecule has 0 saturated carbocycles. The SMILES string of the molecule is CCc1nc(-c2ccccc2)cc(N2CCN(CC(=O)O)CC2)n1. The molecule has 1 aromatic carbocycles. The topological polar surface area (TPSA) is 69.6 Å². The molecule has 1 fully saturated rings. The first-order chi connectivity index (χ1) is 11.7. The molecule has 0 amide bonds. The van der Waals surface area contributed by atoms with Crippen LogP contribution in [-0.2, 0) is 11.2 Å². The lowest BCUT2D eigenvalue weighted by molar-refractivity contribution is -0.138. The van der Waals surface area contributed by atoms with Crippen molar-refractivity contribution < 1.29 is 9.90 Å². The number of hydrogen-bond acceptors (Lipinski definition) is 5. The number of rotatable bonds is 5. The first-order valence-corrected chi connectivity index (χ1v) is 8.28. The van der Waals surface area contributed by atoms with E-state index in [1.54, 1.807) is 0 Å². The van der Waals surface area contributed by atoms with Crippen LogP contribution in [0.5, 0.6) is 0 Å². The Hall–Kier alpha value is -2.47. The van der Waals surface area contributed by atoms with Gasteiger partial charge in [0.15, 0.2) is 0 Å². The molecule has 126 valence electrons. The summed E-state index contributed by atoms with van der Waals surface area (Å²) in [5, 5.41) is 8.90. The molecule has 0 spiro atoms. The van der Waals surface area contributed by atoms with Crippen molar-refractivity contribution in [1.82, 2.24) is 14.9 Å². The predicted molar refractivity (Wildman–Crippen MR) is 93.1 cm³/mol. The van der Waals surface area contributed by atoms with Crippen LogP contribution >= 0.6 is 0 Å². The zero-order valence-electron chi connectivity index (χ0n) is 13.9. The molecular formula is C18H22N4O2. The summed E-state index contributed by atoms with van der Waals surface area (Å²) in [6.07, 6.45) is 0.784. The molecular weight excluding hydrogens is 304 g/mol. The van der Waals surface area contributed by atoms with E-state index >= 15 is 0 Å². The number of aliphatic carboxylic acids is 1. The number of aryl methyl sites for hydroxylation is 1. The van der Waals surface area contributed by atoms with Crippen molar-refractivity contribution in [2.24, 2.45) is 0 Å². The zero-order chi connectivity index (χ0) is 16.9. The maximum atomic E-state index is 10.8. The number of aromatic nitrogens is 2. The second-order valence-electron chi connectivity index (χ2n) is 5.90. The first-order valence-electron chi connectivity index (χ1n) is 8.28. The fraction of sp³-hybridized carbons (Fsp3) is 0.389. The molecule has 0 aliphatic carbocycles. The zero-order valence-corrected chi connectivity index (χ0v) is 13.9. The highest BCUT2D eigenvalue weighted by Gasteiger charge is 2.20. The van der Waals surface area contributed by atoms with E-state index in [0.29, 0.717) is 0 Å². The highest BCUT2D eigenvalue weighted by atomic mass is 16.4. The van der Waals surface area contributed by atoms with Gasteiger partial charge in [0, 0.05) is 44.2 Å². The molecule has 6 heteroatoms. The Morgan fingerprint density at radius 2 is 1.83 bits per heavy atom. The van der Waals surface area contributed by atoms with E-state index in [0.717, 1.165) is 55.5 Å². The van der Waals surface area contributed by atoms with Crippen LogP contribution in [0.2, 0.25) is 0 Å². The molecule has 1 N–H and O–H groups in total. The van der Waals surface area contributed by atoms with Crippen LogP contribution in [0.3, 0.4) is 0 Å². The molecule has 1 aliphatic heterocycles. The van der Waals surface area contributed by atoms with Gasteiger partial charge in [0.25, 0.3) is 0 Å². The van der Waals surface area contributed by atoms with Crippen molar-refractivity contribution in [3.8, 4) is 11.3 Å². The Labute approximate surface area is 141 Å². The van der Waals surface area contributed by atoms with Gasteiger partial charge in [-0.2, -0.15) is 0 Å².